The van der Waals surface area contributed by atoms with E-state index in [2.05, 4.69) is 0 Å². The monoisotopic (exact) mass is 238 g/mol. The van der Waals surface area contributed by atoms with E-state index in [1.807, 2.05) is 23.4 Å². The number of thiophene rings is 1. The molecule has 5 heteroatoms. The Morgan fingerprint density at radius 3 is 2.94 bits per heavy atom. The maximum absolute atomic E-state index is 11.7. The molecule has 0 bridgehead atoms. The molecule has 1 saturated heterocycles. The van der Waals surface area contributed by atoms with Crippen LogP contribution in [0.3, 0.4) is 0 Å². The summed E-state index contributed by atoms with van der Waals surface area (Å²) in [6.45, 7) is 2.08. The lowest BCUT2D eigenvalue weighted by Crippen LogP contribution is -2.34. The summed E-state index contributed by atoms with van der Waals surface area (Å²) in [5, 5.41) is 1.93. The maximum atomic E-state index is 11.7. The SMILES string of the molecule is CN1CCCN(c2csc(C=O)c2)CC1=O. The van der Waals surface area contributed by atoms with Crippen LogP contribution in [0.4, 0.5) is 5.69 Å². The van der Waals surface area contributed by atoms with Crippen LogP contribution in [-0.4, -0.2) is 43.8 Å². The van der Waals surface area contributed by atoms with Crippen LogP contribution in [0.15, 0.2) is 11.4 Å². The topological polar surface area (TPSA) is 40.6 Å². The number of hydrogen-bond acceptors (Lipinski definition) is 4. The van der Waals surface area contributed by atoms with Crippen molar-refractivity contribution in [1.29, 1.82) is 0 Å². The quantitative estimate of drug-likeness (QED) is 0.728. The van der Waals surface area contributed by atoms with Gasteiger partial charge in [-0.2, -0.15) is 0 Å². The second kappa shape index (κ2) is 4.65. The Morgan fingerprint density at radius 1 is 1.44 bits per heavy atom. The number of aldehydes is 1. The molecule has 2 rings (SSSR count). The standard InChI is InChI=1S/C11H14N2O2S/c1-12-3-2-4-13(6-11(12)15)9-5-10(7-14)16-8-9/h5,7-8H,2-4,6H2,1H3. The summed E-state index contributed by atoms with van der Waals surface area (Å²) >= 11 is 1.42. The smallest absolute Gasteiger partial charge is 0.241 e. The van der Waals surface area contributed by atoms with Crippen molar-refractivity contribution in [2.24, 2.45) is 0 Å². The fourth-order valence-corrected chi connectivity index (χ4v) is 2.49. The lowest BCUT2D eigenvalue weighted by atomic mass is 10.3. The highest BCUT2D eigenvalue weighted by atomic mass is 32.1. The van der Waals surface area contributed by atoms with Crippen molar-refractivity contribution in [2.45, 2.75) is 6.42 Å². The van der Waals surface area contributed by atoms with Gasteiger partial charge in [0.25, 0.3) is 0 Å². The maximum Gasteiger partial charge on any atom is 0.241 e. The van der Waals surface area contributed by atoms with Gasteiger partial charge in [0.15, 0.2) is 6.29 Å². The van der Waals surface area contributed by atoms with Crippen LogP contribution in [0, 0.1) is 0 Å². The molecule has 1 aromatic heterocycles. The molecule has 1 aliphatic rings. The highest BCUT2D eigenvalue weighted by molar-refractivity contribution is 7.12. The zero-order chi connectivity index (χ0) is 11.5. The molecule has 4 nitrogen and oxygen atoms in total. The number of rotatable bonds is 2. The summed E-state index contributed by atoms with van der Waals surface area (Å²) in [6, 6.07) is 1.84. The van der Waals surface area contributed by atoms with Crippen molar-refractivity contribution in [3.8, 4) is 0 Å². The van der Waals surface area contributed by atoms with Crippen molar-refractivity contribution >= 4 is 29.2 Å². The summed E-state index contributed by atoms with van der Waals surface area (Å²) in [4.78, 5) is 26.8. The van der Waals surface area contributed by atoms with Crippen molar-refractivity contribution in [3.63, 3.8) is 0 Å². The predicted molar refractivity (Wildman–Crippen MR) is 64.2 cm³/mol. The van der Waals surface area contributed by atoms with Gasteiger partial charge in [-0.25, -0.2) is 0 Å². The van der Waals surface area contributed by atoms with E-state index >= 15 is 0 Å². The first-order valence-electron chi connectivity index (χ1n) is 5.23. The highest BCUT2D eigenvalue weighted by Crippen LogP contribution is 2.23. The molecule has 0 saturated carbocycles. The Morgan fingerprint density at radius 2 is 2.25 bits per heavy atom. The third-order valence-electron chi connectivity index (χ3n) is 2.76. The molecule has 16 heavy (non-hydrogen) atoms. The molecule has 0 radical (unpaired) electrons. The highest BCUT2D eigenvalue weighted by Gasteiger charge is 2.19. The number of anilines is 1. The molecule has 0 atom stereocenters. The summed E-state index contributed by atoms with van der Waals surface area (Å²) < 4.78 is 0. The normalized spacial score (nSPS) is 17.4. The Bertz CT molecular complexity index is 402. The van der Waals surface area contributed by atoms with Gasteiger partial charge in [-0.3, -0.25) is 9.59 Å². The van der Waals surface area contributed by atoms with Gasteiger partial charge in [-0.05, 0) is 12.5 Å². The van der Waals surface area contributed by atoms with Gasteiger partial charge in [-0.1, -0.05) is 0 Å². The van der Waals surface area contributed by atoms with E-state index in [1.54, 1.807) is 4.90 Å². The average molecular weight is 238 g/mol. The van der Waals surface area contributed by atoms with Gasteiger partial charge >= 0.3 is 0 Å². The molecule has 0 spiro atoms. The summed E-state index contributed by atoms with van der Waals surface area (Å²) in [6.07, 6.45) is 1.81. The molecule has 1 aliphatic heterocycles. The molecule has 86 valence electrons. The number of carbonyl (C=O) groups is 2. The van der Waals surface area contributed by atoms with Gasteiger partial charge in [0.2, 0.25) is 5.91 Å². The summed E-state index contributed by atoms with van der Waals surface area (Å²) in [7, 11) is 1.83. The fraction of sp³-hybridized carbons (Fsp3) is 0.455. The largest absolute Gasteiger partial charge is 0.361 e. The van der Waals surface area contributed by atoms with Crippen LogP contribution in [-0.2, 0) is 4.79 Å². The minimum Gasteiger partial charge on any atom is -0.361 e. The van der Waals surface area contributed by atoms with E-state index in [0.29, 0.717) is 11.4 Å². The molecule has 0 aliphatic carbocycles. The molecule has 0 N–H and O–H groups in total. The summed E-state index contributed by atoms with van der Waals surface area (Å²) in [5.74, 6) is 0.136. The van der Waals surface area contributed by atoms with E-state index in [0.717, 1.165) is 31.5 Å². The second-order valence-corrected chi connectivity index (χ2v) is 4.86. The lowest BCUT2D eigenvalue weighted by Gasteiger charge is -2.20. The number of carbonyl (C=O) groups excluding carboxylic acids is 2. The average Bonchev–Trinajstić information content (AvgIpc) is 2.69. The van der Waals surface area contributed by atoms with E-state index in [9.17, 15) is 9.59 Å². The number of amides is 1. The zero-order valence-corrected chi connectivity index (χ0v) is 10.00. The Kier molecular flexibility index (Phi) is 3.24. The third kappa shape index (κ3) is 2.24. The van der Waals surface area contributed by atoms with Gasteiger partial charge in [-0.15, -0.1) is 11.3 Å². The molecule has 0 aromatic carbocycles. The van der Waals surface area contributed by atoms with Crippen LogP contribution in [0.25, 0.3) is 0 Å². The molecule has 1 aromatic rings. The minimum atomic E-state index is 0.136. The first-order chi connectivity index (χ1) is 7.70. The van der Waals surface area contributed by atoms with Crippen molar-refractivity contribution in [3.05, 3.63) is 16.3 Å². The van der Waals surface area contributed by atoms with Gasteiger partial charge in [0.1, 0.15) is 0 Å². The van der Waals surface area contributed by atoms with Crippen LogP contribution in [0.5, 0.6) is 0 Å². The molecular formula is C11H14N2O2S. The van der Waals surface area contributed by atoms with Crippen molar-refractivity contribution < 1.29 is 9.59 Å². The van der Waals surface area contributed by atoms with Crippen LogP contribution in [0.1, 0.15) is 16.1 Å². The van der Waals surface area contributed by atoms with E-state index in [4.69, 9.17) is 0 Å². The number of hydrogen-bond donors (Lipinski definition) is 0. The van der Waals surface area contributed by atoms with Crippen molar-refractivity contribution in [2.75, 3.05) is 31.6 Å². The molecule has 1 fully saturated rings. The predicted octanol–water partition coefficient (Wildman–Crippen LogP) is 1.23. The Balaban J connectivity index is 2.14. The number of likely N-dealkylation sites (N-methyl/N-ethyl adjacent to an activating group) is 1. The Hall–Kier alpha value is -1.36. The first kappa shape index (κ1) is 11.1. The van der Waals surface area contributed by atoms with Gasteiger partial charge in [0.05, 0.1) is 11.4 Å². The molecule has 2 heterocycles. The second-order valence-electron chi connectivity index (χ2n) is 3.92. The zero-order valence-electron chi connectivity index (χ0n) is 9.18. The van der Waals surface area contributed by atoms with Crippen LogP contribution in [0.2, 0.25) is 0 Å². The van der Waals surface area contributed by atoms with E-state index < -0.39 is 0 Å². The third-order valence-corrected chi connectivity index (χ3v) is 3.61. The molecular weight excluding hydrogens is 224 g/mol. The molecule has 0 unspecified atom stereocenters. The van der Waals surface area contributed by atoms with Gasteiger partial charge in [0, 0.05) is 31.2 Å². The molecule has 1 amide bonds. The van der Waals surface area contributed by atoms with Crippen molar-refractivity contribution in [1.82, 2.24) is 4.90 Å². The Labute approximate surface area is 98.5 Å². The minimum absolute atomic E-state index is 0.136. The van der Waals surface area contributed by atoms with Crippen LogP contribution >= 0.6 is 11.3 Å². The van der Waals surface area contributed by atoms with Gasteiger partial charge < -0.3 is 9.80 Å². The van der Waals surface area contributed by atoms with E-state index in [-0.39, 0.29) is 5.91 Å². The first-order valence-corrected chi connectivity index (χ1v) is 6.11. The number of nitrogens with zero attached hydrogens (tertiary/aromatic N) is 2. The fourth-order valence-electron chi connectivity index (χ4n) is 1.78. The van der Waals surface area contributed by atoms with E-state index in [1.165, 1.54) is 11.3 Å². The van der Waals surface area contributed by atoms with Crippen LogP contribution < -0.4 is 4.90 Å². The summed E-state index contributed by atoms with van der Waals surface area (Å²) in [5.41, 5.74) is 0.982. The lowest BCUT2D eigenvalue weighted by molar-refractivity contribution is -0.127.